The molecule has 0 saturated heterocycles. The van der Waals surface area contributed by atoms with E-state index >= 15 is 0 Å². The average molecular weight is 477 g/mol. The first-order valence-electron chi connectivity index (χ1n) is 12.6. The molecule has 0 bridgehead atoms. The Morgan fingerprint density at radius 3 is 2.32 bits per heavy atom. The maximum Gasteiger partial charge on any atom is 0.263 e. The number of hydrogen-bond acceptors (Lipinski definition) is 4. The highest BCUT2D eigenvalue weighted by Gasteiger charge is 2.27. The Hall–Kier alpha value is -2.70. The summed E-state index contributed by atoms with van der Waals surface area (Å²) in [5.41, 5.74) is 7.70. The van der Waals surface area contributed by atoms with E-state index in [-0.39, 0.29) is 28.8 Å². The number of nitrogens with two attached hydrogens (primary N) is 1. The number of carbonyl (C=O) groups excluding carboxylic acids is 1. The number of hydrogen-bond donors (Lipinski definition) is 3. The summed E-state index contributed by atoms with van der Waals surface area (Å²) in [5, 5.41) is 6.17. The first-order valence-corrected chi connectivity index (χ1v) is 12.6. The molecule has 1 aliphatic carbocycles. The van der Waals surface area contributed by atoms with E-state index in [1.54, 1.807) is 22.9 Å². The molecule has 34 heavy (non-hydrogen) atoms. The van der Waals surface area contributed by atoms with Gasteiger partial charge in [-0.3, -0.25) is 14.9 Å². The molecule has 3 rings (SSSR count). The summed E-state index contributed by atoms with van der Waals surface area (Å²) in [5.74, 6) is 0.0367. The van der Waals surface area contributed by atoms with Gasteiger partial charge in [-0.05, 0) is 67.6 Å². The van der Waals surface area contributed by atoms with Gasteiger partial charge in [0.1, 0.15) is 11.2 Å². The van der Waals surface area contributed by atoms with Crippen LogP contribution < -0.4 is 21.9 Å². The Morgan fingerprint density at radius 2 is 1.71 bits per heavy atom. The zero-order chi connectivity index (χ0) is 25.7. The van der Waals surface area contributed by atoms with E-state index in [2.05, 4.69) is 30.5 Å². The van der Waals surface area contributed by atoms with Crippen molar-refractivity contribution in [2.45, 2.75) is 85.5 Å². The highest BCUT2D eigenvalue weighted by atomic mass is 16.2. The Bertz CT molecular complexity index is 991. The monoisotopic (exact) mass is 476 g/mol. The van der Waals surface area contributed by atoms with E-state index < -0.39 is 5.66 Å². The Kier molecular flexibility index (Phi) is 12.5. The first-order chi connectivity index (χ1) is 16.3. The van der Waals surface area contributed by atoms with Crippen molar-refractivity contribution < 1.29 is 10.5 Å². The lowest BCUT2D eigenvalue weighted by molar-refractivity contribution is 0.0936. The standard InChI is InChI=1S/C24H32N4O2.2C2H6.4H2/c1-17(2)20-10-5-4-9-19(20)16-28-15-7-11-21(23(28)30)22(29)27-18(3)8-6-14-26-24(25)12-13-24;2*1-2;;;;/h4-5,7,9-13,15,17-18,26H,6,8,14,16,25H2,1-3H3,(H,27,29);2*1-2H3;4*1H/t18-;;;;;;/m1....../s1. The molecule has 6 heteroatoms. The van der Waals surface area contributed by atoms with Crippen molar-refractivity contribution in [2.24, 2.45) is 5.73 Å². The number of benzene rings is 1. The van der Waals surface area contributed by atoms with Gasteiger partial charge in [0.05, 0.1) is 6.54 Å². The molecule has 1 amide bonds. The van der Waals surface area contributed by atoms with Gasteiger partial charge in [-0.2, -0.15) is 0 Å². The van der Waals surface area contributed by atoms with E-state index in [1.807, 2.05) is 65.0 Å². The number of aromatic nitrogens is 1. The molecule has 1 aromatic heterocycles. The van der Waals surface area contributed by atoms with Gasteiger partial charge in [0.15, 0.2) is 0 Å². The van der Waals surface area contributed by atoms with Crippen LogP contribution >= 0.6 is 0 Å². The van der Waals surface area contributed by atoms with Gasteiger partial charge in [0.25, 0.3) is 11.5 Å². The van der Waals surface area contributed by atoms with Crippen molar-refractivity contribution in [1.82, 2.24) is 15.2 Å². The average Bonchev–Trinajstić information content (AvgIpc) is 3.58. The second-order valence-electron chi connectivity index (χ2n) is 8.42. The molecule has 2 aromatic rings. The lowest BCUT2D eigenvalue weighted by atomic mass is 9.97. The van der Waals surface area contributed by atoms with Crippen LogP contribution in [-0.2, 0) is 6.54 Å². The van der Waals surface area contributed by atoms with Gasteiger partial charge < -0.3 is 15.6 Å². The second kappa shape index (κ2) is 14.5. The molecular weight excluding hydrogens is 424 g/mol. The minimum atomic E-state index is -0.407. The van der Waals surface area contributed by atoms with Crippen LogP contribution in [0.25, 0.3) is 0 Å². The fourth-order valence-corrected chi connectivity index (χ4v) is 3.55. The third-order valence-corrected chi connectivity index (χ3v) is 5.43. The van der Waals surface area contributed by atoms with Crippen LogP contribution in [0.3, 0.4) is 0 Å². The third-order valence-electron chi connectivity index (χ3n) is 5.43. The van der Waals surface area contributed by atoms with E-state index in [0.29, 0.717) is 12.5 Å². The van der Waals surface area contributed by atoms with Gasteiger partial charge in [-0.25, -0.2) is 0 Å². The van der Waals surface area contributed by atoms with Gasteiger partial charge in [-0.15, -0.1) is 0 Å². The number of rotatable bonds is 10. The molecule has 0 unspecified atom stereocenters. The van der Waals surface area contributed by atoms with E-state index in [9.17, 15) is 9.59 Å². The smallest absolute Gasteiger partial charge is 0.263 e. The highest BCUT2D eigenvalue weighted by molar-refractivity contribution is 5.93. The molecule has 1 aliphatic rings. The number of nitrogens with one attached hydrogen (secondary N) is 2. The first kappa shape index (κ1) is 29.3. The quantitative estimate of drug-likeness (QED) is 0.231. The van der Waals surface area contributed by atoms with E-state index in [1.165, 1.54) is 5.56 Å². The van der Waals surface area contributed by atoms with Crippen LogP contribution in [0.5, 0.6) is 0 Å². The lowest BCUT2D eigenvalue weighted by Gasteiger charge is -2.17. The van der Waals surface area contributed by atoms with Crippen molar-refractivity contribution in [3.05, 3.63) is 81.8 Å². The fourth-order valence-electron chi connectivity index (χ4n) is 3.55. The summed E-state index contributed by atoms with van der Waals surface area (Å²) in [6, 6.07) is 11.4. The Balaban J connectivity index is -0.000000689. The zero-order valence-electron chi connectivity index (χ0n) is 22.0. The van der Waals surface area contributed by atoms with Gasteiger partial charge in [0.2, 0.25) is 0 Å². The van der Waals surface area contributed by atoms with E-state index in [0.717, 1.165) is 24.9 Å². The molecule has 0 spiro atoms. The van der Waals surface area contributed by atoms with Crippen molar-refractivity contribution in [2.75, 3.05) is 6.54 Å². The minimum Gasteiger partial charge on any atom is -0.349 e. The third kappa shape index (κ3) is 8.92. The molecule has 4 N–H and O–H groups in total. The summed E-state index contributed by atoms with van der Waals surface area (Å²) < 4.78 is 1.61. The van der Waals surface area contributed by atoms with Gasteiger partial charge >= 0.3 is 0 Å². The fraction of sp³-hybridized carbons (Fsp3) is 0.500. The van der Waals surface area contributed by atoms with Crippen molar-refractivity contribution in [3.8, 4) is 0 Å². The van der Waals surface area contributed by atoms with Crippen LogP contribution in [0.15, 0.2) is 59.5 Å². The largest absolute Gasteiger partial charge is 0.349 e. The molecule has 0 fully saturated rings. The van der Waals surface area contributed by atoms with Crippen molar-refractivity contribution in [1.29, 1.82) is 0 Å². The highest BCUT2D eigenvalue weighted by Crippen LogP contribution is 2.19. The number of amides is 1. The summed E-state index contributed by atoms with van der Waals surface area (Å²) >= 11 is 0. The molecule has 0 radical (unpaired) electrons. The predicted molar refractivity (Wildman–Crippen MR) is 152 cm³/mol. The lowest BCUT2D eigenvalue weighted by Crippen LogP contribution is -2.42. The molecule has 1 atom stereocenters. The molecule has 6 nitrogen and oxygen atoms in total. The molecule has 1 heterocycles. The molecule has 0 aliphatic heterocycles. The number of pyridine rings is 1. The second-order valence-corrected chi connectivity index (χ2v) is 8.42. The topological polar surface area (TPSA) is 89.2 Å². The molecule has 196 valence electrons. The zero-order valence-corrected chi connectivity index (χ0v) is 22.0. The van der Waals surface area contributed by atoms with Crippen LogP contribution in [-0.4, -0.2) is 28.7 Å². The molecule has 0 saturated carbocycles. The van der Waals surface area contributed by atoms with Crippen LogP contribution in [0, 0.1) is 0 Å². The Morgan fingerprint density at radius 1 is 1.06 bits per heavy atom. The van der Waals surface area contributed by atoms with Gasteiger partial charge in [0, 0.05) is 17.9 Å². The van der Waals surface area contributed by atoms with Crippen molar-refractivity contribution >= 4 is 5.91 Å². The number of carbonyl (C=O) groups is 1. The Labute approximate surface area is 211 Å². The van der Waals surface area contributed by atoms with Crippen LogP contribution in [0.2, 0.25) is 0 Å². The summed E-state index contributed by atoms with van der Waals surface area (Å²) in [7, 11) is 0. The van der Waals surface area contributed by atoms with Gasteiger partial charge in [-0.1, -0.05) is 65.8 Å². The predicted octanol–water partition coefficient (Wildman–Crippen LogP) is 5.77. The SMILES string of the molecule is CC.CC.CC(C)c1ccccc1Cn1cccc(C(=O)N[C@H](C)CCCNC2(N)C=C2)c1=O.[HH].[HH].[HH].[HH]. The van der Waals surface area contributed by atoms with Crippen LogP contribution in [0.1, 0.15) is 94.4 Å². The number of nitrogens with zero attached hydrogens (tertiary/aromatic N) is 1. The van der Waals surface area contributed by atoms with E-state index in [4.69, 9.17) is 5.73 Å². The summed E-state index contributed by atoms with van der Waals surface area (Å²) in [6.45, 7) is 15.4. The summed E-state index contributed by atoms with van der Waals surface area (Å²) in [4.78, 5) is 25.6. The minimum absolute atomic E-state index is 0. The van der Waals surface area contributed by atoms with Crippen molar-refractivity contribution in [3.63, 3.8) is 0 Å². The normalized spacial score (nSPS) is 13.8. The maximum atomic E-state index is 12.9. The molecular formula is C28H52N4O2. The van der Waals surface area contributed by atoms with Crippen LogP contribution in [0.4, 0.5) is 0 Å². The molecule has 1 aromatic carbocycles. The summed E-state index contributed by atoms with van der Waals surface area (Å²) in [6.07, 6.45) is 7.25. The maximum absolute atomic E-state index is 12.9.